The van der Waals surface area contributed by atoms with Crippen molar-refractivity contribution in [3.05, 3.63) is 59.7 Å². The molecule has 160 valence electrons. The zero-order chi connectivity index (χ0) is 22.1. The number of hydrazone groups is 1. The van der Waals surface area contributed by atoms with Crippen molar-refractivity contribution in [2.75, 3.05) is 6.61 Å². The Labute approximate surface area is 182 Å². The third-order valence-electron chi connectivity index (χ3n) is 3.75. The number of ether oxygens (including phenoxy) is 2. The molecule has 0 fully saturated rings. The van der Waals surface area contributed by atoms with Gasteiger partial charge in [0.1, 0.15) is 11.4 Å². The molecule has 1 atom stereocenters. The zero-order valence-electron chi connectivity index (χ0n) is 18.0. The van der Waals surface area contributed by atoms with Crippen molar-refractivity contribution in [2.45, 2.75) is 50.4 Å². The molecule has 0 aliphatic heterocycles. The van der Waals surface area contributed by atoms with Crippen molar-refractivity contribution < 1.29 is 19.1 Å². The number of rotatable bonds is 8. The highest BCUT2D eigenvalue weighted by Gasteiger charge is 2.16. The van der Waals surface area contributed by atoms with Crippen LogP contribution in [0, 0.1) is 6.92 Å². The first-order chi connectivity index (χ1) is 14.1. The fourth-order valence-corrected chi connectivity index (χ4v) is 3.16. The monoisotopic (exact) mass is 428 g/mol. The van der Waals surface area contributed by atoms with Gasteiger partial charge in [-0.15, -0.1) is 11.8 Å². The molecular weight excluding hydrogens is 400 g/mol. The molecule has 1 N–H and O–H groups in total. The number of carbonyl (C=O) groups excluding carboxylic acids is 2. The molecule has 2 aromatic rings. The summed E-state index contributed by atoms with van der Waals surface area (Å²) in [6, 6.07) is 15.1. The second-order valence-electron chi connectivity index (χ2n) is 7.75. The molecule has 0 unspecified atom stereocenters. The topological polar surface area (TPSA) is 77.0 Å². The van der Waals surface area contributed by atoms with E-state index in [9.17, 15) is 9.59 Å². The molecule has 0 saturated heterocycles. The number of amides is 1. The molecule has 7 heteroatoms. The van der Waals surface area contributed by atoms with E-state index in [2.05, 4.69) is 10.5 Å². The summed E-state index contributed by atoms with van der Waals surface area (Å²) >= 11 is 1.48. The van der Waals surface area contributed by atoms with Crippen LogP contribution in [0.2, 0.25) is 0 Å². The van der Waals surface area contributed by atoms with Gasteiger partial charge in [-0.1, -0.05) is 17.7 Å². The summed E-state index contributed by atoms with van der Waals surface area (Å²) in [7, 11) is 0. The first-order valence-electron chi connectivity index (χ1n) is 9.63. The minimum atomic E-state index is -0.540. The van der Waals surface area contributed by atoms with E-state index in [1.54, 1.807) is 51.3 Å². The molecule has 0 heterocycles. The Morgan fingerprint density at radius 1 is 1.10 bits per heavy atom. The minimum Gasteiger partial charge on any atom is -0.482 e. The Bertz CT molecular complexity index is 872. The predicted octanol–water partition coefficient (Wildman–Crippen LogP) is 4.35. The number of nitrogens with one attached hydrogen (secondary N) is 1. The van der Waals surface area contributed by atoms with Crippen molar-refractivity contribution in [1.29, 1.82) is 0 Å². The molecule has 0 bridgehead atoms. The van der Waals surface area contributed by atoms with Crippen LogP contribution in [0.5, 0.6) is 5.75 Å². The van der Waals surface area contributed by atoms with Crippen LogP contribution in [-0.2, 0) is 14.3 Å². The molecule has 2 aromatic carbocycles. The van der Waals surface area contributed by atoms with Gasteiger partial charge < -0.3 is 9.47 Å². The summed E-state index contributed by atoms with van der Waals surface area (Å²) in [5.74, 6) is -0.0483. The molecule has 0 aliphatic carbocycles. The Morgan fingerprint density at radius 2 is 1.73 bits per heavy atom. The predicted molar refractivity (Wildman–Crippen MR) is 120 cm³/mol. The normalized spacial score (nSPS) is 12.4. The number of hydrogen-bond acceptors (Lipinski definition) is 6. The minimum absolute atomic E-state index is 0.155. The number of benzene rings is 2. The lowest BCUT2D eigenvalue weighted by molar-refractivity contribution is -0.157. The van der Waals surface area contributed by atoms with E-state index in [1.165, 1.54) is 17.3 Å². The smallest absolute Gasteiger partial charge is 0.344 e. The Kier molecular flexibility index (Phi) is 8.47. The lowest BCUT2D eigenvalue weighted by atomic mass is 10.2. The number of esters is 1. The Hall–Kier alpha value is -2.80. The largest absolute Gasteiger partial charge is 0.482 e. The van der Waals surface area contributed by atoms with Gasteiger partial charge in [0, 0.05) is 4.90 Å². The van der Waals surface area contributed by atoms with Gasteiger partial charge in [0.05, 0.1) is 11.5 Å². The van der Waals surface area contributed by atoms with E-state index in [-0.39, 0.29) is 17.8 Å². The number of hydrogen-bond donors (Lipinski definition) is 1. The van der Waals surface area contributed by atoms with Crippen molar-refractivity contribution in [3.8, 4) is 5.75 Å². The molecule has 30 heavy (non-hydrogen) atoms. The van der Waals surface area contributed by atoms with Crippen molar-refractivity contribution >= 4 is 29.9 Å². The maximum Gasteiger partial charge on any atom is 0.344 e. The number of nitrogens with zero attached hydrogens (tertiary/aromatic N) is 1. The lowest BCUT2D eigenvalue weighted by Crippen LogP contribution is -2.27. The van der Waals surface area contributed by atoms with Gasteiger partial charge in [-0.25, -0.2) is 10.2 Å². The molecule has 6 nitrogen and oxygen atoms in total. The third kappa shape index (κ3) is 8.69. The molecule has 0 saturated carbocycles. The van der Waals surface area contributed by atoms with Gasteiger partial charge in [-0.3, -0.25) is 4.79 Å². The van der Waals surface area contributed by atoms with Crippen molar-refractivity contribution in [1.82, 2.24) is 5.43 Å². The molecule has 0 radical (unpaired) electrons. The molecule has 0 aliphatic rings. The fourth-order valence-electron chi connectivity index (χ4n) is 2.30. The van der Waals surface area contributed by atoms with Crippen LogP contribution in [0.1, 0.15) is 38.8 Å². The summed E-state index contributed by atoms with van der Waals surface area (Å²) in [5.41, 5.74) is 3.99. The highest BCUT2D eigenvalue weighted by atomic mass is 32.2. The summed E-state index contributed by atoms with van der Waals surface area (Å²) in [6.45, 7) is 9.13. The van der Waals surface area contributed by atoms with E-state index in [1.807, 2.05) is 38.1 Å². The van der Waals surface area contributed by atoms with Gasteiger partial charge in [0.15, 0.2) is 6.61 Å². The van der Waals surface area contributed by atoms with Crippen molar-refractivity contribution in [2.24, 2.45) is 5.10 Å². The molecule has 0 aromatic heterocycles. The van der Waals surface area contributed by atoms with Crippen molar-refractivity contribution in [3.63, 3.8) is 0 Å². The van der Waals surface area contributed by atoms with E-state index >= 15 is 0 Å². The van der Waals surface area contributed by atoms with Crippen LogP contribution in [0.4, 0.5) is 0 Å². The Morgan fingerprint density at radius 3 is 2.33 bits per heavy atom. The first kappa shape index (κ1) is 23.5. The van der Waals surface area contributed by atoms with Gasteiger partial charge in [0.25, 0.3) is 5.91 Å². The maximum absolute atomic E-state index is 12.2. The van der Waals surface area contributed by atoms with Crippen LogP contribution in [0.3, 0.4) is 0 Å². The summed E-state index contributed by atoms with van der Waals surface area (Å²) in [6.07, 6.45) is 1.55. The van der Waals surface area contributed by atoms with Gasteiger partial charge >= 0.3 is 5.97 Å². The summed E-state index contributed by atoms with van der Waals surface area (Å²) in [5, 5.41) is 3.74. The first-order valence-corrected chi connectivity index (χ1v) is 10.5. The van der Waals surface area contributed by atoms with Crippen LogP contribution in [-0.4, -0.2) is 35.5 Å². The van der Waals surface area contributed by atoms with E-state index in [0.29, 0.717) is 5.75 Å². The second-order valence-corrected chi connectivity index (χ2v) is 9.17. The summed E-state index contributed by atoms with van der Waals surface area (Å²) < 4.78 is 10.6. The molecule has 1 amide bonds. The average Bonchev–Trinajstić information content (AvgIpc) is 2.67. The fraction of sp³-hybridized carbons (Fsp3) is 0.348. The van der Waals surface area contributed by atoms with E-state index < -0.39 is 11.6 Å². The van der Waals surface area contributed by atoms with Crippen LogP contribution in [0.25, 0.3) is 0 Å². The third-order valence-corrected chi connectivity index (χ3v) is 4.86. The zero-order valence-corrected chi connectivity index (χ0v) is 18.8. The lowest BCUT2D eigenvalue weighted by Gasteiger charge is -2.19. The molecule has 2 rings (SSSR count). The Balaban J connectivity index is 1.78. The second kappa shape index (κ2) is 10.8. The SMILES string of the molecule is Cc1ccc(S[C@H](C)C(=O)N/N=C\c2ccc(OCC(=O)OC(C)(C)C)cc2)cc1. The average molecular weight is 429 g/mol. The molecule has 0 spiro atoms. The van der Waals surface area contributed by atoms with E-state index in [0.717, 1.165) is 10.5 Å². The maximum atomic E-state index is 12.2. The van der Waals surface area contributed by atoms with E-state index in [4.69, 9.17) is 9.47 Å². The highest BCUT2D eigenvalue weighted by molar-refractivity contribution is 8.00. The summed E-state index contributed by atoms with van der Waals surface area (Å²) in [4.78, 5) is 24.9. The molecular formula is C23H28N2O4S. The number of aryl methyl sites for hydroxylation is 1. The van der Waals surface area contributed by atoms with Gasteiger partial charge in [0.2, 0.25) is 0 Å². The highest BCUT2D eigenvalue weighted by Crippen LogP contribution is 2.23. The van der Waals surface area contributed by atoms with Crippen LogP contribution < -0.4 is 10.2 Å². The van der Waals surface area contributed by atoms with Crippen LogP contribution >= 0.6 is 11.8 Å². The standard InChI is InChI=1S/C23H28N2O4S/c1-16-6-12-20(13-7-16)30-17(2)22(27)25-24-14-18-8-10-19(11-9-18)28-15-21(26)29-23(3,4)5/h6-14,17H,15H2,1-5H3,(H,25,27)/b24-14-/t17-/m1/s1. The number of carbonyl (C=O) groups is 2. The van der Waals surface area contributed by atoms with Gasteiger partial charge in [-0.05, 0) is 76.6 Å². The quantitative estimate of drug-likeness (QED) is 0.293. The van der Waals surface area contributed by atoms with Gasteiger partial charge in [-0.2, -0.15) is 5.10 Å². The number of thioether (sulfide) groups is 1. The van der Waals surface area contributed by atoms with Crippen LogP contribution in [0.15, 0.2) is 58.5 Å².